The molecule has 0 radical (unpaired) electrons. The maximum atomic E-state index is 12.3. The van der Waals surface area contributed by atoms with Gasteiger partial charge in [-0.05, 0) is 63.3 Å². The van der Waals surface area contributed by atoms with Crippen molar-refractivity contribution in [3.05, 3.63) is 34.9 Å². The Kier molecular flexibility index (Phi) is 5.18. The van der Waals surface area contributed by atoms with E-state index in [1.807, 2.05) is 39.1 Å². The van der Waals surface area contributed by atoms with Crippen LogP contribution in [0.1, 0.15) is 33.6 Å². The molecule has 0 unspecified atom stereocenters. The summed E-state index contributed by atoms with van der Waals surface area (Å²) in [7, 11) is 0. The first kappa shape index (κ1) is 18.0. The summed E-state index contributed by atoms with van der Waals surface area (Å²) in [6, 6.07) is 8.32. The van der Waals surface area contributed by atoms with E-state index in [0.717, 1.165) is 40.4 Å². The summed E-state index contributed by atoms with van der Waals surface area (Å²) in [5, 5.41) is 5.73. The van der Waals surface area contributed by atoms with Crippen molar-refractivity contribution in [2.45, 2.75) is 45.3 Å². The van der Waals surface area contributed by atoms with Crippen molar-refractivity contribution >= 4 is 38.6 Å². The van der Waals surface area contributed by atoms with Gasteiger partial charge in [0.25, 0.3) is 0 Å². The Hall–Kier alpha value is -1.82. The minimum atomic E-state index is -0.470. The van der Waals surface area contributed by atoms with Crippen LogP contribution in [0, 0.1) is 0 Å². The van der Waals surface area contributed by atoms with Crippen molar-refractivity contribution in [1.29, 1.82) is 0 Å². The second-order valence-electron chi connectivity index (χ2n) is 7.43. The zero-order valence-electron chi connectivity index (χ0n) is 14.9. The molecule has 1 fully saturated rings. The van der Waals surface area contributed by atoms with Gasteiger partial charge in [-0.2, -0.15) is 0 Å². The van der Waals surface area contributed by atoms with E-state index < -0.39 is 5.60 Å². The summed E-state index contributed by atoms with van der Waals surface area (Å²) < 4.78 is 6.54. The van der Waals surface area contributed by atoms with E-state index in [2.05, 4.69) is 38.4 Å². The first-order chi connectivity index (χ1) is 11.8. The van der Waals surface area contributed by atoms with Crippen LogP contribution in [0.3, 0.4) is 0 Å². The lowest BCUT2D eigenvalue weighted by Crippen LogP contribution is -2.47. The van der Waals surface area contributed by atoms with Gasteiger partial charge in [0.1, 0.15) is 11.4 Å². The molecule has 1 aromatic heterocycles. The van der Waals surface area contributed by atoms with Gasteiger partial charge in [-0.25, -0.2) is 9.78 Å². The van der Waals surface area contributed by atoms with E-state index in [1.54, 1.807) is 4.90 Å². The zero-order valence-corrected chi connectivity index (χ0v) is 16.5. The minimum Gasteiger partial charge on any atom is -0.444 e. The molecule has 0 spiro atoms. The Morgan fingerprint density at radius 2 is 2.16 bits per heavy atom. The molecular weight excluding hydrogens is 382 g/mol. The van der Waals surface area contributed by atoms with Crippen LogP contribution in [0.2, 0.25) is 0 Å². The molecule has 1 aromatic carbocycles. The second kappa shape index (κ2) is 7.20. The molecule has 1 saturated heterocycles. The fourth-order valence-electron chi connectivity index (χ4n) is 3.04. The number of hydrogen-bond acceptors (Lipinski definition) is 4. The van der Waals surface area contributed by atoms with Crippen LogP contribution in [-0.2, 0) is 4.74 Å². The fraction of sp³-hybridized carbons (Fsp3) is 0.474. The molecule has 0 bridgehead atoms. The number of hydrogen-bond donors (Lipinski definition) is 1. The van der Waals surface area contributed by atoms with Crippen molar-refractivity contribution in [1.82, 2.24) is 9.88 Å². The standard InChI is InChI=1S/C19H24BrN3O2/c1-19(2,3)25-18(24)23-10-4-5-15(12-23)22-17-16-7-6-14(20)11-13(16)8-9-21-17/h6-9,11,15H,4-5,10,12H2,1-3H3,(H,21,22)/t15-/m1/s1. The van der Waals surface area contributed by atoms with Gasteiger partial charge in [-0.3, -0.25) is 0 Å². The number of rotatable bonds is 2. The van der Waals surface area contributed by atoms with Crippen LogP contribution in [0.25, 0.3) is 10.8 Å². The van der Waals surface area contributed by atoms with Crippen molar-refractivity contribution in [2.24, 2.45) is 0 Å². The van der Waals surface area contributed by atoms with Gasteiger partial charge in [0.2, 0.25) is 0 Å². The Morgan fingerprint density at radius 1 is 1.36 bits per heavy atom. The maximum absolute atomic E-state index is 12.3. The number of halogens is 1. The average molecular weight is 406 g/mol. The Bertz CT molecular complexity index is 773. The van der Waals surface area contributed by atoms with Crippen molar-refractivity contribution < 1.29 is 9.53 Å². The average Bonchev–Trinajstić information content (AvgIpc) is 2.53. The summed E-state index contributed by atoms with van der Waals surface area (Å²) in [6.45, 7) is 7.04. The van der Waals surface area contributed by atoms with Crippen LogP contribution in [-0.4, -0.2) is 40.7 Å². The quantitative estimate of drug-likeness (QED) is 0.778. The smallest absolute Gasteiger partial charge is 0.410 e. The number of fused-ring (bicyclic) bond motifs is 1. The van der Waals surface area contributed by atoms with Crippen LogP contribution in [0.4, 0.5) is 10.6 Å². The van der Waals surface area contributed by atoms with E-state index in [4.69, 9.17) is 4.74 Å². The highest BCUT2D eigenvalue weighted by Crippen LogP contribution is 2.26. The Morgan fingerprint density at radius 3 is 2.92 bits per heavy atom. The van der Waals surface area contributed by atoms with Gasteiger partial charge >= 0.3 is 6.09 Å². The molecule has 1 aliphatic heterocycles. The molecular formula is C19H24BrN3O2. The van der Waals surface area contributed by atoms with Crippen LogP contribution in [0.15, 0.2) is 34.9 Å². The highest BCUT2D eigenvalue weighted by Gasteiger charge is 2.27. The molecule has 0 aliphatic carbocycles. The number of carbonyl (C=O) groups is 1. The van der Waals surface area contributed by atoms with Crippen molar-refractivity contribution in [3.63, 3.8) is 0 Å². The molecule has 1 N–H and O–H groups in total. The van der Waals surface area contributed by atoms with Gasteiger partial charge in [0.15, 0.2) is 0 Å². The van der Waals surface area contributed by atoms with Gasteiger partial charge < -0.3 is 15.0 Å². The molecule has 0 saturated carbocycles. The van der Waals surface area contributed by atoms with E-state index in [-0.39, 0.29) is 12.1 Å². The molecule has 134 valence electrons. The molecule has 1 amide bonds. The lowest BCUT2D eigenvalue weighted by atomic mass is 10.1. The third-order valence-corrected chi connectivity index (χ3v) is 4.63. The second-order valence-corrected chi connectivity index (χ2v) is 8.35. The highest BCUT2D eigenvalue weighted by molar-refractivity contribution is 9.10. The number of piperidine rings is 1. The number of amides is 1. The third-order valence-electron chi connectivity index (χ3n) is 4.14. The SMILES string of the molecule is CC(C)(C)OC(=O)N1CCC[C@@H](Nc2nccc3cc(Br)ccc23)C1. The van der Waals surface area contributed by atoms with Gasteiger partial charge in [0.05, 0.1) is 0 Å². The molecule has 2 aromatic rings. The molecule has 3 rings (SSSR count). The van der Waals surface area contributed by atoms with Gasteiger partial charge in [-0.1, -0.05) is 15.9 Å². The van der Waals surface area contributed by atoms with E-state index in [9.17, 15) is 4.79 Å². The zero-order chi connectivity index (χ0) is 18.0. The molecule has 6 heteroatoms. The summed E-state index contributed by atoms with van der Waals surface area (Å²) in [6.07, 6.45) is 3.53. The molecule has 5 nitrogen and oxygen atoms in total. The predicted octanol–water partition coefficient (Wildman–Crippen LogP) is 4.81. The van der Waals surface area contributed by atoms with Crippen LogP contribution in [0.5, 0.6) is 0 Å². The van der Waals surface area contributed by atoms with E-state index >= 15 is 0 Å². The maximum Gasteiger partial charge on any atom is 0.410 e. The predicted molar refractivity (Wildman–Crippen MR) is 104 cm³/mol. The first-order valence-electron chi connectivity index (χ1n) is 8.60. The molecule has 1 atom stereocenters. The third kappa shape index (κ3) is 4.63. The van der Waals surface area contributed by atoms with Gasteiger partial charge in [0, 0.05) is 35.2 Å². The van der Waals surface area contributed by atoms with Crippen LogP contribution >= 0.6 is 15.9 Å². The summed E-state index contributed by atoms with van der Waals surface area (Å²) in [4.78, 5) is 18.6. The number of nitrogens with one attached hydrogen (secondary N) is 1. The number of nitrogens with zero attached hydrogens (tertiary/aromatic N) is 2. The van der Waals surface area contributed by atoms with Crippen molar-refractivity contribution in [3.8, 4) is 0 Å². The number of aromatic nitrogens is 1. The van der Waals surface area contributed by atoms with E-state index in [1.165, 1.54) is 0 Å². The van der Waals surface area contributed by atoms with Gasteiger partial charge in [-0.15, -0.1) is 0 Å². The molecule has 1 aliphatic rings. The van der Waals surface area contributed by atoms with E-state index in [0.29, 0.717) is 6.54 Å². The summed E-state index contributed by atoms with van der Waals surface area (Å²) in [5.41, 5.74) is -0.470. The number of carbonyl (C=O) groups excluding carboxylic acids is 1. The Balaban J connectivity index is 1.72. The number of likely N-dealkylation sites (tertiary alicyclic amines) is 1. The van der Waals surface area contributed by atoms with Crippen molar-refractivity contribution in [2.75, 3.05) is 18.4 Å². The summed E-state index contributed by atoms with van der Waals surface area (Å²) >= 11 is 3.50. The normalized spacial score (nSPS) is 18.2. The lowest BCUT2D eigenvalue weighted by Gasteiger charge is -2.34. The number of anilines is 1. The molecule has 25 heavy (non-hydrogen) atoms. The number of benzene rings is 1. The topological polar surface area (TPSA) is 54.5 Å². The molecule has 2 heterocycles. The fourth-order valence-corrected chi connectivity index (χ4v) is 3.42. The number of pyridine rings is 1. The number of ether oxygens (including phenoxy) is 1. The van der Waals surface area contributed by atoms with Crippen LogP contribution < -0.4 is 5.32 Å². The first-order valence-corrected chi connectivity index (χ1v) is 9.40. The highest BCUT2D eigenvalue weighted by atomic mass is 79.9. The minimum absolute atomic E-state index is 0.169. The summed E-state index contributed by atoms with van der Waals surface area (Å²) in [5.74, 6) is 0.862. The monoisotopic (exact) mass is 405 g/mol. The lowest BCUT2D eigenvalue weighted by molar-refractivity contribution is 0.0206. The Labute approximate surface area is 156 Å². The largest absolute Gasteiger partial charge is 0.444 e.